The molecule has 0 spiro atoms. The highest BCUT2D eigenvalue weighted by atomic mass is 16.5. The first-order chi connectivity index (χ1) is 9.78. The Bertz CT molecular complexity index is 454. The number of hydrogen-bond acceptors (Lipinski definition) is 4. The fourth-order valence-corrected chi connectivity index (χ4v) is 2.88. The third-order valence-corrected chi connectivity index (χ3v) is 4.44. The molecule has 1 aromatic rings. The molecule has 1 atom stereocenters. The number of likely N-dealkylation sites (N-methyl/N-ethyl adjacent to an activating group) is 1. The fourth-order valence-electron chi connectivity index (χ4n) is 2.88. The van der Waals surface area contributed by atoms with Crippen molar-refractivity contribution in [3.63, 3.8) is 0 Å². The normalized spacial score (nSPS) is 23.2. The van der Waals surface area contributed by atoms with Crippen LogP contribution >= 0.6 is 0 Å². The van der Waals surface area contributed by atoms with Crippen molar-refractivity contribution in [1.82, 2.24) is 9.88 Å². The maximum atomic E-state index is 5.55. The van der Waals surface area contributed by atoms with Crippen molar-refractivity contribution in [1.29, 1.82) is 0 Å². The predicted octanol–water partition coefficient (Wildman–Crippen LogP) is 1.98. The lowest BCUT2D eigenvalue weighted by Gasteiger charge is -2.34. The molecule has 2 aliphatic rings. The Morgan fingerprint density at radius 2 is 2.10 bits per heavy atom. The maximum Gasteiger partial charge on any atom is 0.0645 e. The average molecular weight is 276 g/mol. The Morgan fingerprint density at radius 1 is 1.25 bits per heavy atom. The molecular formula is C16H24N2O2. The van der Waals surface area contributed by atoms with Gasteiger partial charge in [0, 0.05) is 24.8 Å². The van der Waals surface area contributed by atoms with Crippen LogP contribution in [0.4, 0.5) is 0 Å². The van der Waals surface area contributed by atoms with E-state index in [9.17, 15) is 0 Å². The fraction of sp³-hybridized carbons (Fsp3) is 0.688. The third kappa shape index (κ3) is 2.87. The van der Waals surface area contributed by atoms with E-state index in [0.717, 1.165) is 45.8 Å². The van der Waals surface area contributed by atoms with Gasteiger partial charge in [-0.15, -0.1) is 0 Å². The second-order valence-corrected chi connectivity index (χ2v) is 5.86. The van der Waals surface area contributed by atoms with Crippen molar-refractivity contribution in [3.05, 3.63) is 29.1 Å². The molecule has 110 valence electrons. The first-order valence-corrected chi connectivity index (χ1v) is 7.62. The van der Waals surface area contributed by atoms with Crippen LogP contribution in [0.1, 0.15) is 36.2 Å². The van der Waals surface area contributed by atoms with E-state index in [1.165, 1.54) is 17.0 Å². The number of rotatable bonds is 5. The number of ether oxygens (including phenoxy) is 2. The summed E-state index contributed by atoms with van der Waals surface area (Å²) in [5.74, 6) is 0.523. The predicted molar refractivity (Wildman–Crippen MR) is 77.9 cm³/mol. The van der Waals surface area contributed by atoms with Gasteiger partial charge in [0.2, 0.25) is 0 Å². The SMILES string of the molecule is CCc1ccc(C2CCOC2)c(CN(C)C2COC2)n1. The minimum Gasteiger partial charge on any atom is -0.381 e. The molecule has 0 N–H and O–H groups in total. The van der Waals surface area contributed by atoms with Crippen LogP contribution in [0.5, 0.6) is 0 Å². The van der Waals surface area contributed by atoms with Gasteiger partial charge in [-0.3, -0.25) is 9.88 Å². The zero-order chi connectivity index (χ0) is 13.9. The van der Waals surface area contributed by atoms with Crippen LogP contribution in [0.3, 0.4) is 0 Å². The van der Waals surface area contributed by atoms with E-state index in [4.69, 9.17) is 14.5 Å². The molecule has 4 heteroatoms. The Balaban J connectivity index is 1.80. The monoisotopic (exact) mass is 276 g/mol. The van der Waals surface area contributed by atoms with Crippen LogP contribution in [0.2, 0.25) is 0 Å². The van der Waals surface area contributed by atoms with E-state index in [2.05, 4.69) is 31.0 Å². The van der Waals surface area contributed by atoms with Crippen LogP contribution in [-0.4, -0.2) is 49.4 Å². The zero-order valence-electron chi connectivity index (χ0n) is 12.5. The Hall–Kier alpha value is -0.970. The van der Waals surface area contributed by atoms with Crippen LogP contribution < -0.4 is 0 Å². The summed E-state index contributed by atoms with van der Waals surface area (Å²) in [6.45, 7) is 6.50. The van der Waals surface area contributed by atoms with Crippen LogP contribution in [-0.2, 0) is 22.4 Å². The number of aromatic nitrogens is 1. The van der Waals surface area contributed by atoms with Gasteiger partial charge in [-0.1, -0.05) is 13.0 Å². The van der Waals surface area contributed by atoms with E-state index in [-0.39, 0.29) is 0 Å². The van der Waals surface area contributed by atoms with E-state index in [0.29, 0.717) is 12.0 Å². The molecule has 2 saturated heterocycles. The van der Waals surface area contributed by atoms with Gasteiger partial charge >= 0.3 is 0 Å². The molecule has 0 amide bonds. The van der Waals surface area contributed by atoms with Gasteiger partial charge < -0.3 is 9.47 Å². The van der Waals surface area contributed by atoms with Crippen molar-refractivity contribution >= 4 is 0 Å². The van der Waals surface area contributed by atoms with Crippen LogP contribution in [0, 0.1) is 0 Å². The molecular weight excluding hydrogens is 252 g/mol. The summed E-state index contributed by atoms with van der Waals surface area (Å²) in [5.41, 5.74) is 3.79. The Labute approximate surface area is 121 Å². The molecule has 0 radical (unpaired) electrons. The quantitative estimate of drug-likeness (QED) is 0.823. The molecule has 1 unspecified atom stereocenters. The van der Waals surface area contributed by atoms with Crippen molar-refractivity contribution in [2.75, 3.05) is 33.5 Å². The number of pyridine rings is 1. The Morgan fingerprint density at radius 3 is 2.70 bits per heavy atom. The molecule has 2 fully saturated rings. The lowest BCUT2D eigenvalue weighted by molar-refractivity contribution is -0.0590. The van der Waals surface area contributed by atoms with Crippen LogP contribution in [0.15, 0.2) is 12.1 Å². The first-order valence-electron chi connectivity index (χ1n) is 7.62. The number of aryl methyl sites for hydroxylation is 1. The topological polar surface area (TPSA) is 34.6 Å². The van der Waals surface area contributed by atoms with Gasteiger partial charge in [0.05, 0.1) is 31.6 Å². The third-order valence-electron chi connectivity index (χ3n) is 4.44. The van der Waals surface area contributed by atoms with Crippen molar-refractivity contribution < 1.29 is 9.47 Å². The standard InChI is InChI=1S/C16H24N2O2/c1-3-13-4-5-15(12-6-7-19-9-12)16(17-13)8-18(2)14-10-20-11-14/h4-5,12,14H,3,6-11H2,1-2H3. The molecule has 3 heterocycles. The van der Waals surface area contributed by atoms with Crippen molar-refractivity contribution in [2.24, 2.45) is 0 Å². The molecule has 0 aromatic carbocycles. The van der Waals surface area contributed by atoms with E-state index in [1.54, 1.807) is 0 Å². The molecule has 1 aromatic heterocycles. The maximum absolute atomic E-state index is 5.55. The van der Waals surface area contributed by atoms with Gasteiger partial charge in [-0.25, -0.2) is 0 Å². The summed E-state index contributed by atoms with van der Waals surface area (Å²) in [4.78, 5) is 7.24. The molecule has 0 aliphatic carbocycles. The minimum atomic E-state index is 0.523. The highest BCUT2D eigenvalue weighted by Crippen LogP contribution is 2.28. The highest BCUT2D eigenvalue weighted by Gasteiger charge is 2.26. The lowest BCUT2D eigenvalue weighted by atomic mass is 9.95. The summed E-state index contributed by atoms with van der Waals surface area (Å²) >= 11 is 0. The molecule has 20 heavy (non-hydrogen) atoms. The molecule has 0 bridgehead atoms. The van der Waals surface area contributed by atoms with E-state index >= 15 is 0 Å². The van der Waals surface area contributed by atoms with Gasteiger partial charge in [-0.2, -0.15) is 0 Å². The average Bonchev–Trinajstić information content (AvgIpc) is 2.90. The second-order valence-electron chi connectivity index (χ2n) is 5.86. The Kier molecular flexibility index (Phi) is 4.34. The van der Waals surface area contributed by atoms with E-state index in [1.807, 2.05) is 0 Å². The number of nitrogens with zero attached hydrogens (tertiary/aromatic N) is 2. The first kappa shape index (κ1) is 14.0. The summed E-state index contributed by atoms with van der Waals surface area (Å²) in [7, 11) is 2.17. The summed E-state index contributed by atoms with van der Waals surface area (Å²) in [6, 6.07) is 4.99. The largest absolute Gasteiger partial charge is 0.381 e. The summed E-state index contributed by atoms with van der Waals surface area (Å²) in [6.07, 6.45) is 2.11. The van der Waals surface area contributed by atoms with Crippen molar-refractivity contribution in [2.45, 2.75) is 38.3 Å². The van der Waals surface area contributed by atoms with E-state index < -0.39 is 0 Å². The molecule has 2 aliphatic heterocycles. The molecule has 0 saturated carbocycles. The van der Waals surface area contributed by atoms with Crippen molar-refractivity contribution in [3.8, 4) is 0 Å². The second kappa shape index (κ2) is 6.20. The number of hydrogen-bond donors (Lipinski definition) is 0. The lowest BCUT2D eigenvalue weighted by Crippen LogP contribution is -2.46. The summed E-state index contributed by atoms with van der Waals surface area (Å²) < 4.78 is 10.8. The highest BCUT2D eigenvalue weighted by molar-refractivity contribution is 5.28. The molecule has 4 nitrogen and oxygen atoms in total. The molecule has 3 rings (SSSR count). The smallest absolute Gasteiger partial charge is 0.0645 e. The zero-order valence-corrected chi connectivity index (χ0v) is 12.5. The van der Waals surface area contributed by atoms with Gasteiger partial charge in [0.1, 0.15) is 0 Å². The van der Waals surface area contributed by atoms with Gasteiger partial charge in [-0.05, 0) is 31.5 Å². The van der Waals surface area contributed by atoms with Gasteiger partial charge in [0.15, 0.2) is 0 Å². The summed E-state index contributed by atoms with van der Waals surface area (Å²) in [5, 5.41) is 0. The van der Waals surface area contributed by atoms with Crippen LogP contribution in [0.25, 0.3) is 0 Å². The van der Waals surface area contributed by atoms with Gasteiger partial charge in [0.25, 0.3) is 0 Å². The minimum absolute atomic E-state index is 0.523.